The number of hydrogen-bond acceptors (Lipinski definition) is 5. The predicted octanol–water partition coefficient (Wildman–Crippen LogP) is 7.98. The molecule has 0 aliphatic carbocycles. The van der Waals surface area contributed by atoms with E-state index in [1.807, 2.05) is 24.3 Å². The Morgan fingerprint density at radius 2 is 1.36 bits per heavy atom. The molecule has 1 aliphatic heterocycles. The van der Waals surface area contributed by atoms with Crippen molar-refractivity contribution in [2.24, 2.45) is 0 Å². The van der Waals surface area contributed by atoms with Gasteiger partial charge in [-0.3, -0.25) is 19.7 Å². The Hall–Kier alpha value is -5.24. The van der Waals surface area contributed by atoms with Gasteiger partial charge in [-0.05, 0) is 79.8 Å². The van der Waals surface area contributed by atoms with Crippen LogP contribution in [0.5, 0.6) is 0 Å². The molecule has 5 rings (SSSR count). The number of carbonyl (C=O) groups excluding carboxylic acids is 4. The number of amides is 4. The molecule has 1 aliphatic rings. The standard InChI is InChI=1S/C37H37N3O5/c1-36(2,3)25-20-18-24(19-21-25)23-39(27-13-11-12-26(22-27)38-35(44)45-37(4,5)6)32(41)30-16-9-10-17-31(30)40-33(42)28-14-7-8-15-29(28)34(40)43/h7-22H,23H2,1-6H3,(H,38,44). The molecular weight excluding hydrogens is 566 g/mol. The lowest BCUT2D eigenvalue weighted by Crippen LogP contribution is -2.35. The van der Waals surface area contributed by atoms with Crippen LogP contribution in [0.15, 0.2) is 97.1 Å². The molecule has 0 fully saturated rings. The highest BCUT2D eigenvalue weighted by molar-refractivity contribution is 6.35. The third-order valence-electron chi connectivity index (χ3n) is 7.38. The van der Waals surface area contributed by atoms with Crippen LogP contribution in [0.25, 0.3) is 0 Å². The lowest BCUT2D eigenvalue weighted by molar-refractivity contribution is 0.0635. The fourth-order valence-corrected chi connectivity index (χ4v) is 5.15. The van der Waals surface area contributed by atoms with Crippen LogP contribution in [0.2, 0.25) is 0 Å². The van der Waals surface area contributed by atoms with Gasteiger partial charge in [0, 0.05) is 11.4 Å². The Labute approximate surface area is 263 Å². The number of benzene rings is 4. The zero-order chi connectivity index (χ0) is 32.5. The summed E-state index contributed by atoms with van der Waals surface area (Å²) in [6, 6.07) is 28.2. The van der Waals surface area contributed by atoms with E-state index >= 15 is 0 Å². The lowest BCUT2D eigenvalue weighted by atomic mass is 9.87. The fraction of sp³-hybridized carbons (Fsp3) is 0.243. The first-order valence-electron chi connectivity index (χ1n) is 14.8. The number of fused-ring (bicyclic) bond motifs is 1. The maximum atomic E-state index is 14.5. The molecule has 1 N–H and O–H groups in total. The number of ether oxygens (including phenoxy) is 1. The fourth-order valence-electron chi connectivity index (χ4n) is 5.15. The number of para-hydroxylation sites is 1. The summed E-state index contributed by atoms with van der Waals surface area (Å²) < 4.78 is 5.41. The van der Waals surface area contributed by atoms with Crippen LogP contribution in [0.1, 0.15) is 83.7 Å². The van der Waals surface area contributed by atoms with E-state index in [1.54, 1.807) is 98.5 Å². The molecule has 45 heavy (non-hydrogen) atoms. The van der Waals surface area contributed by atoms with Crippen molar-refractivity contribution in [3.63, 3.8) is 0 Å². The summed E-state index contributed by atoms with van der Waals surface area (Å²) >= 11 is 0. The van der Waals surface area contributed by atoms with Crippen LogP contribution in [0.4, 0.5) is 21.9 Å². The average molecular weight is 604 g/mol. The first kappa shape index (κ1) is 31.2. The van der Waals surface area contributed by atoms with Gasteiger partial charge in [-0.25, -0.2) is 9.69 Å². The van der Waals surface area contributed by atoms with Crippen LogP contribution in [-0.4, -0.2) is 29.4 Å². The third kappa shape index (κ3) is 6.80. The summed E-state index contributed by atoms with van der Waals surface area (Å²) in [5.74, 6) is -1.39. The second-order valence-corrected chi connectivity index (χ2v) is 13.0. The van der Waals surface area contributed by atoms with Gasteiger partial charge in [0.25, 0.3) is 17.7 Å². The van der Waals surface area contributed by atoms with Crippen molar-refractivity contribution < 1.29 is 23.9 Å². The Morgan fingerprint density at radius 3 is 1.96 bits per heavy atom. The van der Waals surface area contributed by atoms with Gasteiger partial charge >= 0.3 is 6.09 Å². The molecule has 4 amide bonds. The monoisotopic (exact) mass is 603 g/mol. The third-order valence-corrected chi connectivity index (χ3v) is 7.38. The number of hydrogen-bond donors (Lipinski definition) is 1. The Balaban J connectivity index is 1.54. The smallest absolute Gasteiger partial charge is 0.412 e. The maximum absolute atomic E-state index is 14.5. The molecule has 4 aromatic carbocycles. The summed E-state index contributed by atoms with van der Waals surface area (Å²) in [7, 11) is 0. The largest absolute Gasteiger partial charge is 0.444 e. The zero-order valence-corrected chi connectivity index (χ0v) is 26.4. The van der Waals surface area contributed by atoms with Crippen molar-refractivity contribution >= 4 is 40.9 Å². The minimum Gasteiger partial charge on any atom is -0.444 e. The molecule has 0 spiro atoms. The van der Waals surface area contributed by atoms with E-state index in [0.29, 0.717) is 22.5 Å². The Kier molecular flexibility index (Phi) is 8.34. The second kappa shape index (κ2) is 12.0. The van der Waals surface area contributed by atoms with Gasteiger partial charge in [0.1, 0.15) is 5.60 Å². The number of anilines is 3. The zero-order valence-electron chi connectivity index (χ0n) is 26.4. The lowest BCUT2D eigenvalue weighted by Gasteiger charge is -2.27. The molecule has 0 atom stereocenters. The summed E-state index contributed by atoms with van der Waals surface area (Å²) in [6.07, 6.45) is -0.619. The van der Waals surface area contributed by atoms with Crippen molar-refractivity contribution in [3.05, 3.63) is 125 Å². The van der Waals surface area contributed by atoms with E-state index in [4.69, 9.17) is 4.74 Å². The van der Waals surface area contributed by atoms with Crippen molar-refractivity contribution in [2.75, 3.05) is 15.1 Å². The number of rotatable bonds is 6. The van der Waals surface area contributed by atoms with E-state index < -0.39 is 29.4 Å². The Morgan fingerprint density at radius 1 is 0.756 bits per heavy atom. The molecule has 0 unspecified atom stereocenters. The molecular formula is C37H37N3O5. The average Bonchev–Trinajstić information content (AvgIpc) is 3.23. The van der Waals surface area contributed by atoms with E-state index in [-0.39, 0.29) is 23.2 Å². The highest BCUT2D eigenvalue weighted by Crippen LogP contribution is 2.33. The minimum absolute atomic E-state index is 0.0407. The molecule has 0 aromatic heterocycles. The van der Waals surface area contributed by atoms with Gasteiger partial charge < -0.3 is 9.64 Å². The number of imide groups is 1. The van der Waals surface area contributed by atoms with Crippen LogP contribution < -0.4 is 15.1 Å². The minimum atomic E-state index is -0.684. The molecule has 8 nitrogen and oxygen atoms in total. The van der Waals surface area contributed by atoms with Gasteiger partial charge in [-0.15, -0.1) is 0 Å². The normalized spacial score (nSPS) is 13.0. The highest BCUT2D eigenvalue weighted by Gasteiger charge is 2.38. The molecule has 0 saturated carbocycles. The van der Waals surface area contributed by atoms with Crippen molar-refractivity contribution in [3.8, 4) is 0 Å². The van der Waals surface area contributed by atoms with Gasteiger partial charge in [-0.1, -0.05) is 75.4 Å². The van der Waals surface area contributed by atoms with Crippen LogP contribution in [0.3, 0.4) is 0 Å². The van der Waals surface area contributed by atoms with Crippen molar-refractivity contribution in [2.45, 2.75) is 59.1 Å². The summed E-state index contributed by atoms with van der Waals surface area (Å²) in [5, 5.41) is 2.74. The molecule has 230 valence electrons. The molecule has 0 radical (unpaired) electrons. The molecule has 0 bridgehead atoms. The summed E-state index contributed by atoms with van der Waals surface area (Å²) in [4.78, 5) is 56.5. The SMILES string of the molecule is CC(C)(C)OC(=O)Nc1cccc(N(Cc2ccc(C(C)(C)C)cc2)C(=O)c2ccccc2N2C(=O)c3ccccc3C2=O)c1. The van der Waals surface area contributed by atoms with Crippen molar-refractivity contribution in [1.29, 1.82) is 0 Å². The van der Waals surface area contributed by atoms with Crippen LogP contribution >= 0.6 is 0 Å². The molecule has 8 heteroatoms. The molecule has 0 saturated heterocycles. The maximum Gasteiger partial charge on any atom is 0.412 e. The summed E-state index contributed by atoms with van der Waals surface area (Å²) in [5.41, 5.74) is 3.22. The highest BCUT2D eigenvalue weighted by atomic mass is 16.6. The molecule has 1 heterocycles. The number of nitrogens with zero attached hydrogens (tertiary/aromatic N) is 2. The second-order valence-electron chi connectivity index (χ2n) is 13.0. The quantitative estimate of drug-likeness (QED) is 0.226. The predicted molar refractivity (Wildman–Crippen MR) is 176 cm³/mol. The van der Waals surface area contributed by atoms with Crippen LogP contribution in [0, 0.1) is 0 Å². The number of carbonyl (C=O) groups is 4. The first-order valence-corrected chi connectivity index (χ1v) is 14.8. The van der Waals surface area contributed by atoms with Gasteiger partial charge in [0.2, 0.25) is 0 Å². The van der Waals surface area contributed by atoms with E-state index in [2.05, 4.69) is 26.1 Å². The van der Waals surface area contributed by atoms with Gasteiger partial charge in [-0.2, -0.15) is 0 Å². The van der Waals surface area contributed by atoms with E-state index in [1.165, 1.54) is 0 Å². The summed E-state index contributed by atoms with van der Waals surface area (Å²) in [6.45, 7) is 11.9. The van der Waals surface area contributed by atoms with E-state index in [9.17, 15) is 19.2 Å². The Bertz CT molecular complexity index is 1750. The first-order chi connectivity index (χ1) is 21.2. The topological polar surface area (TPSA) is 96.0 Å². The van der Waals surface area contributed by atoms with Gasteiger partial charge in [0.05, 0.1) is 28.9 Å². The van der Waals surface area contributed by atoms with Crippen molar-refractivity contribution in [1.82, 2.24) is 0 Å². The van der Waals surface area contributed by atoms with E-state index in [0.717, 1.165) is 16.0 Å². The van der Waals surface area contributed by atoms with Gasteiger partial charge in [0.15, 0.2) is 0 Å². The van der Waals surface area contributed by atoms with Crippen LogP contribution in [-0.2, 0) is 16.7 Å². The molecule has 4 aromatic rings. The number of nitrogens with one attached hydrogen (secondary N) is 1.